The summed E-state index contributed by atoms with van der Waals surface area (Å²) in [6.45, 7) is 0. The van der Waals surface area contributed by atoms with E-state index >= 15 is 0 Å². The molecule has 0 fully saturated rings. The molecule has 5 nitrogen and oxygen atoms in total. The van der Waals surface area contributed by atoms with E-state index < -0.39 is 0 Å². The SMILES string of the molecule is CNC(=O)c1ccc2cc(C(=O)c3cn(C)cn3)ccc2c1. The minimum Gasteiger partial charge on any atom is -0.355 e. The van der Waals surface area contributed by atoms with Crippen molar-refractivity contribution in [3.63, 3.8) is 0 Å². The zero-order valence-electron chi connectivity index (χ0n) is 12.3. The molecular formula is C17H15N3O2. The zero-order chi connectivity index (χ0) is 15.7. The zero-order valence-corrected chi connectivity index (χ0v) is 12.3. The minimum absolute atomic E-state index is 0.113. The smallest absolute Gasteiger partial charge is 0.251 e. The van der Waals surface area contributed by atoms with Gasteiger partial charge in [0.15, 0.2) is 0 Å². The molecule has 0 unspecified atom stereocenters. The molecule has 3 rings (SSSR count). The summed E-state index contributed by atoms with van der Waals surface area (Å²) in [5.41, 5.74) is 1.60. The van der Waals surface area contributed by atoms with E-state index in [0.717, 1.165) is 10.8 Å². The number of nitrogens with one attached hydrogen (secondary N) is 1. The summed E-state index contributed by atoms with van der Waals surface area (Å²) in [6.07, 6.45) is 3.30. The van der Waals surface area contributed by atoms with Gasteiger partial charge in [0.1, 0.15) is 5.69 Å². The lowest BCUT2D eigenvalue weighted by Crippen LogP contribution is -2.17. The Bertz CT molecular complexity index is 880. The number of hydrogen-bond acceptors (Lipinski definition) is 3. The number of rotatable bonds is 3. The molecule has 1 aromatic heterocycles. The molecule has 0 aliphatic heterocycles. The van der Waals surface area contributed by atoms with Crippen molar-refractivity contribution in [2.24, 2.45) is 7.05 Å². The summed E-state index contributed by atoms with van der Waals surface area (Å²) in [7, 11) is 3.42. The van der Waals surface area contributed by atoms with Crippen LogP contribution in [0.5, 0.6) is 0 Å². The fraction of sp³-hybridized carbons (Fsp3) is 0.118. The third-order valence-corrected chi connectivity index (χ3v) is 3.53. The number of nitrogens with zero attached hydrogens (tertiary/aromatic N) is 2. The van der Waals surface area contributed by atoms with Crippen LogP contribution in [0.4, 0.5) is 0 Å². The normalized spacial score (nSPS) is 10.6. The molecule has 0 atom stereocenters. The number of imidazole rings is 1. The number of aromatic nitrogens is 2. The molecule has 0 saturated carbocycles. The van der Waals surface area contributed by atoms with Gasteiger partial charge in [-0.2, -0.15) is 0 Å². The number of benzene rings is 2. The van der Waals surface area contributed by atoms with Crippen molar-refractivity contribution in [3.8, 4) is 0 Å². The summed E-state index contributed by atoms with van der Waals surface area (Å²) in [6, 6.07) is 10.8. The van der Waals surface area contributed by atoms with Gasteiger partial charge in [-0.25, -0.2) is 4.98 Å². The van der Waals surface area contributed by atoms with Crippen molar-refractivity contribution in [2.45, 2.75) is 0 Å². The Balaban J connectivity index is 2.00. The Morgan fingerprint density at radius 2 is 1.68 bits per heavy atom. The number of aryl methyl sites for hydroxylation is 1. The number of ketones is 1. The van der Waals surface area contributed by atoms with Crippen LogP contribution >= 0.6 is 0 Å². The summed E-state index contributed by atoms with van der Waals surface area (Å²) in [5.74, 6) is -0.242. The Morgan fingerprint density at radius 1 is 1.05 bits per heavy atom. The molecule has 1 heterocycles. The van der Waals surface area contributed by atoms with Crippen LogP contribution in [0.25, 0.3) is 10.8 Å². The molecule has 0 saturated heterocycles. The van der Waals surface area contributed by atoms with Crippen molar-refractivity contribution in [3.05, 3.63) is 65.7 Å². The highest BCUT2D eigenvalue weighted by molar-refractivity contribution is 6.09. The topological polar surface area (TPSA) is 64.0 Å². The number of fused-ring (bicyclic) bond motifs is 1. The third kappa shape index (κ3) is 2.48. The molecule has 110 valence electrons. The van der Waals surface area contributed by atoms with Crippen LogP contribution in [-0.2, 0) is 7.05 Å². The fourth-order valence-electron chi connectivity index (χ4n) is 2.35. The van der Waals surface area contributed by atoms with Gasteiger partial charge in [-0.15, -0.1) is 0 Å². The number of carbonyl (C=O) groups is 2. The quantitative estimate of drug-likeness (QED) is 0.753. The maximum absolute atomic E-state index is 12.4. The van der Waals surface area contributed by atoms with Gasteiger partial charge in [-0.05, 0) is 29.0 Å². The molecule has 3 aromatic rings. The predicted molar refractivity (Wildman–Crippen MR) is 84.0 cm³/mol. The first-order valence-electron chi connectivity index (χ1n) is 6.87. The van der Waals surface area contributed by atoms with E-state index in [2.05, 4.69) is 10.3 Å². The highest BCUT2D eigenvalue weighted by Gasteiger charge is 2.12. The standard InChI is InChI=1S/C17H15N3O2/c1-18-17(22)14-6-4-11-7-13(5-3-12(11)8-14)16(21)15-9-20(2)10-19-15/h3-10H,1-2H3,(H,18,22). The second-order valence-electron chi connectivity index (χ2n) is 5.11. The third-order valence-electron chi connectivity index (χ3n) is 3.53. The maximum atomic E-state index is 12.4. The van der Waals surface area contributed by atoms with Crippen LogP contribution in [0.3, 0.4) is 0 Å². The van der Waals surface area contributed by atoms with E-state index in [-0.39, 0.29) is 11.7 Å². The van der Waals surface area contributed by atoms with Gasteiger partial charge in [0, 0.05) is 31.4 Å². The van der Waals surface area contributed by atoms with Crippen LogP contribution in [-0.4, -0.2) is 28.3 Å². The molecule has 0 spiro atoms. The molecule has 0 aliphatic carbocycles. The van der Waals surface area contributed by atoms with Crippen molar-refractivity contribution >= 4 is 22.5 Å². The van der Waals surface area contributed by atoms with Crippen LogP contribution in [0, 0.1) is 0 Å². The number of amides is 1. The molecule has 22 heavy (non-hydrogen) atoms. The Morgan fingerprint density at radius 3 is 2.27 bits per heavy atom. The largest absolute Gasteiger partial charge is 0.355 e. The summed E-state index contributed by atoms with van der Waals surface area (Å²) in [4.78, 5) is 28.1. The van der Waals surface area contributed by atoms with Crippen LogP contribution < -0.4 is 5.32 Å². The Kier molecular flexibility index (Phi) is 3.47. The average Bonchev–Trinajstić information content (AvgIpc) is 2.98. The maximum Gasteiger partial charge on any atom is 0.251 e. The van der Waals surface area contributed by atoms with Gasteiger partial charge in [0.25, 0.3) is 5.91 Å². The van der Waals surface area contributed by atoms with Gasteiger partial charge < -0.3 is 9.88 Å². The highest BCUT2D eigenvalue weighted by atomic mass is 16.1. The molecule has 2 aromatic carbocycles. The van der Waals surface area contributed by atoms with Crippen molar-refractivity contribution in [1.29, 1.82) is 0 Å². The molecule has 0 radical (unpaired) electrons. The van der Waals surface area contributed by atoms with Gasteiger partial charge in [-0.3, -0.25) is 9.59 Å². The lowest BCUT2D eigenvalue weighted by atomic mass is 10.0. The van der Waals surface area contributed by atoms with E-state index in [1.807, 2.05) is 31.3 Å². The van der Waals surface area contributed by atoms with Crippen molar-refractivity contribution < 1.29 is 9.59 Å². The Labute approximate surface area is 127 Å². The second-order valence-corrected chi connectivity index (χ2v) is 5.11. The van der Waals surface area contributed by atoms with Crippen LogP contribution in [0.1, 0.15) is 26.4 Å². The predicted octanol–water partition coefficient (Wildman–Crippen LogP) is 2.16. The van der Waals surface area contributed by atoms with Gasteiger partial charge in [-0.1, -0.05) is 18.2 Å². The lowest BCUT2D eigenvalue weighted by molar-refractivity contribution is 0.0962. The van der Waals surface area contributed by atoms with Gasteiger partial charge >= 0.3 is 0 Å². The monoisotopic (exact) mass is 293 g/mol. The van der Waals surface area contributed by atoms with Crippen molar-refractivity contribution in [2.75, 3.05) is 7.05 Å². The fourth-order valence-corrected chi connectivity index (χ4v) is 2.35. The van der Waals surface area contributed by atoms with Gasteiger partial charge in [0.05, 0.1) is 6.33 Å². The first-order valence-corrected chi connectivity index (χ1v) is 6.87. The Hall–Kier alpha value is -2.95. The molecule has 0 bridgehead atoms. The minimum atomic E-state index is -0.129. The van der Waals surface area contributed by atoms with E-state index in [1.165, 1.54) is 0 Å². The molecule has 0 aliphatic rings. The van der Waals surface area contributed by atoms with Crippen molar-refractivity contribution in [1.82, 2.24) is 14.9 Å². The molecular weight excluding hydrogens is 278 g/mol. The van der Waals surface area contributed by atoms with Crippen LogP contribution in [0.2, 0.25) is 0 Å². The average molecular weight is 293 g/mol. The summed E-state index contributed by atoms with van der Waals surface area (Å²) in [5, 5.41) is 4.42. The van der Waals surface area contributed by atoms with Gasteiger partial charge in [0.2, 0.25) is 5.78 Å². The number of hydrogen-bond donors (Lipinski definition) is 1. The molecule has 1 amide bonds. The molecule has 1 N–H and O–H groups in total. The van der Waals surface area contributed by atoms with E-state index in [9.17, 15) is 9.59 Å². The van der Waals surface area contributed by atoms with Crippen LogP contribution in [0.15, 0.2) is 48.9 Å². The summed E-state index contributed by atoms with van der Waals surface area (Å²) < 4.78 is 1.74. The lowest BCUT2D eigenvalue weighted by Gasteiger charge is -2.04. The van der Waals surface area contributed by atoms with E-state index in [0.29, 0.717) is 16.8 Å². The summed E-state index contributed by atoms with van der Waals surface area (Å²) >= 11 is 0. The number of carbonyl (C=O) groups excluding carboxylic acids is 2. The first kappa shape index (κ1) is 14.0. The molecule has 5 heteroatoms. The highest BCUT2D eigenvalue weighted by Crippen LogP contribution is 2.19. The van der Waals surface area contributed by atoms with E-state index in [1.54, 1.807) is 36.3 Å². The van der Waals surface area contributed by atoms with E-state index in [4.69, 9.17) is 0 Å². The second kappa shape index (κ2) is 5.44. The first-order chi connectivity index (χ1) is 10.6.